The first-order valence-corrected chi connectivity index (χ1v) is 10.3. The van der Waals surface area contributed by atoms with Crippen molar-refractivity contribution in [2.75, 3.05) is 24.7 Å². The average Bonchev–Trinajstić information content (AvgIpc) is 3.47. The molecule has 0 spiro atoms. The fourth-order valence-electron chi connectivity index (χ4n) is 4.13. The van der Waals surface area contributed by atoms with Crippen molar-refractivity contribution in [3.05, 3.63) is 47.6 Å². The second kappa shape index (κ2) is 7.99. The number of aromatic amines is 1. The van der Waals surface area contributed by atoms with E-state index in [1.165, 1.54) is 6.20 Å². The van der Waals surface area contributed by atoms with Crippen molar-refractivity contribution in [2.24, 2.45) is 23.5 Å². The highest BCUT2D eigenvalue weighted by Gasteiger charge is 2.38. The van der Waals surface area contributed by atoms with Gasteiger partial charge in [0.15, 0.2) is 5.65 Å². The molecule has 3 atom stereocenters. The van der Waals surface area contributed by atoms with E-state index < -0.39 is 0 Å². The number of nitrogens with one attached hydrogen (secondary N) is 1. The van der Waals surface area contributed by atoms with Gasteiger partial charge in [-0.3, -0.25) is 4.79 Å². The molecule has 1 amide bonds. The summed E-state index contributed by atoms with van der Waals surface area (Å²) in [6.07, 6.45) is 8.03. The highest BCUT2D eigenvalue weighted by Crippen LogP contribution is 2.43. The molecule has 2 bridgehead atoms. The number of benzene rings is 1. The fourth-order valence-corrected chi connectivity index (χ4v) is 4.27. The first-order valence-electron chi connectivity index (χ1n) is 9.88. The van der Waals surface area contributed by atoms with Crippen LogP contribution in [0.2, 0.25) is 5.02 Å². The number of nitrogen functional groups attached to an aromatic ring is 1. The third kappa shape index (κ3) is 3.85. The van der Waals surface area contributed by atoms with Crippen LogP contribution in [0.25, 0.3) is 22.6 Å². The Morgan fingerprint density at radius 3 is 2.67 bits per heavy atom. The number of hydrogen-bond acceptors (Lipinski definition) is 5. The number of H-pyrrole nitrogens is 1. The molecule has 0 radical (unpaired) electrons. The molecule has 1 fully saturated rings. The molecule has 0 aliphatic heterocycles. The zero-order chi connectivity index (χ0) is 21.4. The molecule has 7 nitrogen and oxygen atoms in total. The number of carbonyl (C=O) groups excluding carboxylic acids is 1. The molecule has 2 aromatic heterocycles. The quantitative estimate of drug-likeness (QED) is 0.555. The lowest BCUT2D eigenvalue weighted by molar-refractivity contribution is -0.122. The molecule has 0 saturated heterocycles. The summed E-state index contributed by atoms with van der Waals surface area (Å²) in [5.41, 5.74) is 14.9. The third-order valence-electron chi connectivity index (χ3n) is 5.79. The van der Waals surface area contributed by atoms with Crippen molar-refractivity contribution in [3.8, 4) is 11.4 Å². The number of primary amides is 1. The summed E-state index contributed by atoms with van der Waals surface area (Å²) >= 11 is 5.97. The number of amides is 1. The molecule has 5 rings (SSSR count). The third-order valence-corrected chi connectivity index (χ3v) is 6.09. The molecule has 2 heterocycles. The minimum atomic E-state index is -0.114. The summed E-state index contributed by atoms with van der Waals surface area (Å²) in [6, 6.07) is 8.06. The van der Waals surface area contributed by atoms with Gasteiger partial charge < -0.3 is 21.4 Å². The van der Waals surface area contributed by atoms with E-state index in [0.717, 1.165) is 29.9 Å². The fraction of sp³-hybridized carbons (Fsp3) is 0.318. The summed E-state index contributed by atoms with van der Waals surface area (Å²) in [5.74, 6) is 1.89. The second-order valence-corrected chi connectivity index (χ2v) is 8.44. The first kappa shape index (κ1) is 20.2. The summed E-state index contributed by atoms with van der Waals surface area (Å²) in [6.45, 7) is 0. The highest BCUT2D eigenvalue weighted by molar-refractivity contribution is 6.34. The van der Waals surface area contributed by atoms with Gasteiger partial charge in [0.1, 0.15) is 11.3 Å². The molecule has 0 unspecified atom stereocenters. The van der Waals surface area contributed by atoms with E-state index in [-0.39, 0.29) is 11.8 Å². The number of imidazole rings is 1. The van der Waals surface area contributed by atoms with Crippen LogP contribution >= 0.6 is 11.6 Å². The maximum absolute atomic E-state index is 10.8. The van der Waals surface area contributed by atoms with Crippen molar-refractivity contribution in [3.63, 3.8) is 0 Å². The van der Waals surface area contributed by atoms with Crippen LogP contribution < -0.4 is 16.4 Å². The lowest BCUT2D eigenvalue weighted by atomic mass is 9.93. The van der Waals surface area contributed by atoms with Gasteiger partial charge in [-0.1, -0.05) is 35.9 Å². The molecule has 5 N–H and O–H groups in total. The van der Waals surface area contributed by atoms with Gasteiger partial charge in [-0.15, -0.1) is 0 Å². The lowest BCUT2D eigenvalue weighted by Gasteiger charge is -2.12. The molecule has 1 saturated carbocycles. The number of halogens is 1. The average molecular weight is 425 g/mol. The normalized spacial score (nSPS) is 21.5. The SMILES string of the molecule is CN(C)c1cccc(-c2nc3ncc(Cl)c(N)c3[nH]2)c1.NC(=O)[C@@H]1C[C@H]2C=C[C@@H]1C2. The van der Waals surface area contributed by atoms with Gasteiger partial charge in [-0.25, -0.2) is 9.97 Å². The molecule has 156 valence electrons. The van der Waals surface area contributed by atoms with Gasteiger partial charge in [0.25, 0.3) is 0 Å². The number of allylic oxidation sites excluding steroid dienone is 2. The van der Waals surface area contributed by atoms with Gasteiger partial charge >= 0.3 is 0 Å². The molecule has 2 aliphatic carbocycles. The van der Waals surface area contributed by atoms with Gasteiger partial charge in [-0.2, -0.15) is 0 Å². The van der Waals surface area contributed by atoms with Gasteiger partial charge in [0, 0.05) is 31.3 Å². The molecule has 8 heteroatoms. The van der Waals surface area contributed by atoms with E-state index in [4.69, 9.17) is 23.1 Å². The van der Waals surface area contributed by atoms with Crippen molar-refractivity contribution in [1.82, 2.24) is 15.0 Å². The molecule has 2 aliphatic rings. The summed E-state index contributed by atoms with van der Waals surface area (Å²) in [7, 11) is 3.99. The van der Waals surface area contributed by atoms with Crippen molar-refractivity contribution in [1.29, 1.82) is 0 Å². The summed E-state index contributed by atoms with van der Waals surface area (Å²) < 4.78 is 0. The second-order valence-electron chi connectivity index (χ2n) is 8.04. The Labute approximate surface area is 180 Å². The van der Waals surface area contributed by atoms with Crippen LogP contribution in [-0.2, 0) is 4.79 Å². The predicted octanol–water partition coefficient (Wildman–Crippen LogP) is 3.61. The Morgan fingerprint density at radius 1 is 1.27 bits per heavy atom. The van der Waals surface area contributed by atoms with Gasteiger partial charge in [0.05, 0.1) is 16.9 Å². The Morgan fingerprint density at radius 2 is 2.07 bits per heavy atom. The minimum absolute atomic E-state index is 0.114. The highest BCUT2D eigenvalue weighted by atomic mass is 35.5. The number of nitrogens with zero attached hydrogens (tertiary/aromatic N) is 3. The van der Waals surface area contributed by atoms with Crippen LogP contribution in [0.1, 0.15) is 12.8 Å². The lowest BCUT2D eigenvalue weighted by Crippen LogP contribution is -2.26. The minimum Gasteiger partial charge on any atom is -0.396 e. The van der Waals surface area contributed by atoms with E-state index in [1.807, 2.05) is 37.2 Å². The maximum atomic E-state index is 10.8. The number of anilines is 2. The van der Waals surface area contributed by atoms with Crippen LogP contribution in [0, 0.1) is 17.8 Å². The summed E-state index contributed by atoms with van der Waals surface area (Å²) in [4.78, 5) is 24.6. The van der Waals surface area contributed by atoms with Crippen molar-refractivity contribution in [2.45, 2.75) is 12.8 Å². The van der Waals surface area contributed by atoms with Crippen molar-refractivity contribution < 1.29 is 4.79 Å². The Kier molecular flexibility index (Phi) is 5.39. The monoisotopic (exact) mass is 424 g/mol. The zero-order valence-electron chi connectivity index (χ0n) is 17.0. The van der Waals surface area contributed by atoms with Gasteiger partial charge in [0.2, 0.25) is 5.91 Å². The number of pyridine rings is 1. The number of carbonyl (C=O) groups is 1. The van der Waals surface area contributed by atoms with Gasteiger partial charge in [-0.05, 0) is 36.8 Å². The topological polar surface area (TPSA) is 114 Å². The van der Waals surface area contributed by atoms with E-state index >= 15 is 0 Å². The number of nitrogens with two attached hydrogens (primary N) is 2. The van der Waals surface area contributed by atoms with E-state index in [9.17, 15) is 4.79 Å². The Bertz CT molecular complexity index is 1120. The van der Waals surface area contributed by atoms with Crippen LogP contribution in [0.3, 0.4) is 0 Å². The van der Waals surface area contributed by atoms with E-state index in [0.29, 0.717) is 33.7 Å². The largest absolute Gasteiger partial charge is 0.396 e. The maximum Gasteiger partial charge on any atom is 0.221 e. The Balaban J connectivity index is 0.000000181. The number of fused-ring (bicyclic) bond motifs is 3. The molecular weight excluding hydrogens is 400 g/mol. The molecular formula is C22H25ClN6O. The van der Waals surface area contributed by atoms with E-state index in [2.05, 4.69) is 33.2 Å². The first-order chi connectivity index (χ1) is 14.3. The van der Waals surface area contributed by atoms with E-state index in [1.54, 1.807) is 0 Å². The van der Waals surface area contributed by atoms with Crippen LogP contribution in [0.5, 0.6) is 0 Å². The zero-order valence-corrected chi connectivity index (χ0v) is 17.7. The predicted molar refractivity (Wildman–Crippen MR) is 121 cm³/mol. The number of aromatic nitrogens is 3. The van der Waals surface area contributed by atoms with Crippen LogP contribution in [0.15, 0.2) is 42.6 Å². The van der Waals surface area contributed by atoms with Crippen molar-refractivity contribution >= 4 is 40.0 Å². The number of hydrogen-bond donors (Lipinski definition) is 3. The summed E-state index contributed by atoms with van der Waals surface area (Å²) in [5, 5.41) is 0.426. The Hall–Kier alpha value is -3.06. The standard InChI is InChI=1S/C14H14ClN5.C8H11NO/c1-20(2)9-5-3-4-8(6-9)13-18-12-11(16)10(15)7-17-14(12)19-13;9-8(10)7-4-5-1-2-6(7)3-5/h3-7H,1-2H3,(H3,16,17,18,19);1-2,5-7H,3-4H2,(H2,9,10)/t;5-,6+,7+/m.0/s1. The van der Waals surface area contributed by atoms with Crippen LogP contribution in [0.4, 0.5) is 11.4 Å². The number of rotatable bonds is 3. The molecule has 30 heavy (non-hydrogen) atoms. The van der Waals surface area contributed by atoms with Crippen LogP contribution in [-0.4, -0.2) is 35.0 Å². The smallest absolute Gasteiger partial charge is 0.221 e. The molecule has 1 aromatic carbocycles. The molecule has 3 aromatic rings.